The Morgan fingerprint density at radius 1 is 1.07 bits per heavy atom. The van der Waals surface area contributed by atoms with Crippen molar-refractivity contribution < 1.29 is 19.1 Å². The largest absolute Gasteiger partial charge is 0.444 e. The second-order valence-electron chi connectivity index (χ2n) is 13.8. The first kappa shape index (κ1) is 31.8. The van der Waals surface area contributed by atoms with Gasteiger partial charge in [-0.15, -0.1) is 0 Å². The summed E-state index contributed by atoms with van der Waals surface area (Å²) in [6, 6.07) is 15.3. The lowest BCUT2D eigenvalue weighted by molar-refractivity contribution is -0.121. The molecule has 0 spiro atoms. The number of benzene rings is 1. The number of aromatic nitrogens is 2. The zero-order valence-corrected chi connectivity index (χ0v) is 27.3. The average molecular weight is 593 g/mol. The summed E-state index contributed by atoms with van der Waals surface area (Å²) in [6.45, 7) is 15.8. The van der Waals surface area contributed by atoms with Crippen LogP contribution in [0.15, 0.2) is 48.7 Å². The van der Waals surface area contributed by atoms with E-state index in [4.69, 9.17) is 14.5 Å². The van der Waals surface area contributed by atoms with E-state index >= 15 is 0 Å². The fourth-order valence-electron chi connectivity index (χ4n) is 5.50. The van der Waals surface area contributed by atoms with Gasteiger partial charge in [0.15, 0.2) is 0 Å². The molecule has 4 rings (SSSR count). The summed E-state index contributed by atoms with van der Waals surface area (Å²) in [5, 5.41) is 7.10. The van der Waals surface area contributed by atoms with Crippen molar-refractivity contribution in [2.75, 3.05) is 11.9 Å². The molecule has 42 heavy (non-hydrogen) atoms. The number of amides is 2. The van der Waals surface area contributed by atoms with Gasteiger partial charge in [0.05, 0.1) is 11.4 Å². The van der Waals surface area contributed by atoms with Crippen molar-refractivity contribution in [3.8, 4) is 11.3 Å². The first-order valence-corrected chi connectivity index (χ1v) is 18.9. The number of carbonyl (C=O) groups is 2. The van der Waals surface area contributed by atoms with E-state index in [0.29, 0.717) is 19.3 Å². The Hall–Kier alpha value is -3.17. The van der Waals surface area contributed by atoms with E-state index in [1.165, 1.54) is 0 Å². The van der Waals surface area contributed by atoms with Gasteiger partial charge < -0.3 is 24.7 Å². The lowest BCUT2D eigenvalue weighted by Gasteiger charge is -2.32. The molecule has 3 aromatic rings. The molecular formula is C33H48N4O4Si. The number of nitrogens with one attached hydrogen (secondary N) is 2. The SMILES string of the molecule is C[C@@H](NC(=O)OC(C)(C)C)C1CCC(C(=O)Nc2ccnc3c2cc(-c2ccccc2)n3COCC[Si](C)(C)C)CC1. The molecule has 0 unspecified atom stereocenters. The minimum atomic E-state index is -1.20. The molecule has 2 N–H and O–H groups in total. The summed E-state index contributed by atoms with van der Waals surface area (Å²) in [6.07, 6.45) is 4.69. The summed E-state index contributed by atoms with van der Waals surface area (Å²) in [5.41, 5.74) is 3.13. The Morgan fingerprint density at radius 2 is 1.76 bits per heavy atom. The molecule has 2 amide bonds. The zero-order valence-electron chi connectivity index (χ0n) is 26.3. The van der Waals surface area contributed by atoms with Crippen LogP contribution in [0.5, 0.6) is 0 Å². The molecule has 1 aliphatic carbocycles. The zero-order chi connectivity index (χ0) is 30.5. The number of hydrogen-bond donors (Lipinski definition) is 2. The van der Waals surface area contributed by atoms with Gasteiger partial charge in [-0.2, -0.15) is 0 Å². The van der Waals surface area contributed by atoms with E-state index in [-0.39, 0.29) is 24.0 Å². The van der Waals surface area contributed by atoms with Crippen LogP contribution >= 0.6 is 0 Å². The van der Waals surface area contributed by atoms with Crippen molar-refractivity contribution in [3.63, 3.8) is 0 Å². The summed E-state index contributed by atoms with van der Waals surface area (Å²) in [4.78, 5) is 30.4. The van der Waals surface area contributed by atoms with E-state index in [9.17, 15) is 9.59 Å². The molecule has 2 heterocycles. The van der Waals surface area contributed by atoms with Gasteiger partial charge in [-0.05, 0) is 83.0 Å². The van der Waals surface area contributed by atoms with E-state index in [2.05, 4.69) is 53.0 Å². The molecule has 1 saturated carbocycles. The second kappa shape index (κ2) is 13.4. The van der Waals surface area contributed by atoms with Crippen molar-refractivity contribution in [2.24, 2.45) is 11.8 Å². The quantitative estimate of drug-likeness (QED) is 0.186. The molecule has 228 valence electrons. The number of hydrogen-bond acceptors (Lipinski definition) is 5. The molecule has 0 saturated heterocycles. The Morgan fingerprint density at radius 3 is 2.40 bits per heavy atom. The maximum Gasteiger partial charge on any atom is 0.407 e. The van der Waals surface area contributed by atoms with Crippen LogP contribution in [-0.2, 0) is 21.0 Å². The third-order valence-corrected chi connectivity index (χ3v) is 9.64. The first-order valence-electron chi connectivity index (χ1n) is 15.2. The van der Waals surface area contributed by atoms with Gasteiger partial charge in [0.2, 0.25) is 5.91 Å². The molecule has 1 atom stereocenters. The lowest BCUT2D eigenvalue weighted by atomic mass is 9.78. The van der Waals surface area contributed by atoms with Gasteiger partial charge in [-0.3, -0.25) is 4.79 Å². The van der Waals surface area contributed by atoms with Crippen LogP contribution < -0.4 is 10.6 Å². The van der Waals surface area contributed by atoms with Crippen LogP contribution in [0.4, 0.5) is 10.5 Å². The second-order valence-corrected chi connectivity index (χ2v) is 19.4. The standard InChI is InChI=1S/C33H48N4O4Si/c1-23(35-32(39)41-33(2,3)4)24-13-15-26(16-14-24)31(38)36-28-17-18-34-30-27(28)21-29(25-11-9-8-10-12-25)37(30)22-40-19-20-42(5,6)7/h8-12,17-18,21,23-24,26H,13-16,19-20,22H2,1-7H3,(H,35,39)(H,34,36,38)/t23-,24?,26?/m1/s1. The number of anilines is 1. The molecule has 0 radical (unpaired) electrons. The Kier molecular flexibility index (Phi) is 10.1. The highest BCUT2D eigenvalue weighted by molar-refractivity contribution is 6.76. The predicted octanol–water partition coefficient (Wildman–Crippen LogP) is 7.67. The Balaban J connectivity index is 1.44. The van der Waals surface area contributed by atoms with Gasteiger partial charge >= 0.3 is 6.09 Å². The lowest BCUT2D eigenvalue weighted by Crippen LogP contribution is -2.42. The molecule has 2 aromatic heterocycles. The first-order chi connectivity index (χ1) is 19.8. The molecule has 1 aromatic carbocycles. The topological polar surface area (TPSA) is 94.5 Å². The van der Waals surface area contributed by atoms with Crippen molar-refractivity contribution in [3.05, 3.63) is 48.7 Å². The van der Waals surface area contributed by atoms with E-state index in [0.717, 1.165) is 59.7 Å². The molecule has 0 bridgehead atoms. The highest BCUT2D eigenvalue weighted by Gasteiger charge is 2.31. The van der Waals surface area contributed by atoms with Gasteiger partial charge in [0.25, 0.3) is 0 Å². The van der Waals surface area contributed by atoms with Crippen LogP contribution in [0.1, 0.15) is 53.4 Å². The average Bonchev–Trinajstić information content (AvgIpc) is 3.29. The summed E-state index contributed by atoms with van der Waals surface area (Å²) >= 11 is 0. The Labute approximate surface area is 251 Å². The van der Waals surface area contributed by atoms with E-state index < -0.39 is 13.7 Å². The number of pyridine rings is 1. The third kappa shape index (κ3) is 8.67. The maximum atomic E-state index is 13.4. The number of alkyl carbamates (subject to hydrolysis) is 1. The number of rotatable bonds is 10. The fraction of sp³-hybridized carbons (Fsp3) is 0.545. The summed E-state index contributed by atoms with van der Waals surface area (Å²) < 4.78 is 13.7. The highest BCUT2D eigenvalue weighted by Crippen LogP contribution is 2.34. The van der Waals surface area contributed by atoms with Crippen LogP contribution in [0.25, 0.3) is 22.3 Å². The number of carbonyl (C=O) groups excluding carboxylic acids is 2. The molecule has 8 nitrogen and oxygen atoms in total. The van der Waals surface area contributed by atoms with Gasteiger partial charge in [0, 0.05) is 38.2 Å². The maximum absolute atomic E-state index is 13.4. The smallest absolute Gasteiger partial charge is 0.407 e. The fourth-order valence-corrected chi connectivity index (χ4v) is 6.25. The molecule has 1 fully saturated rings. The Bertz CT molecular complexity index is 1350. The predicted molar refractivity (Wildman–Crippen MR) is 172 cm³/mol. The van der Waals surface area contributed by atoms with Gasteiger partial charge in [-0.1, -0.05) is 50.0 Å². The number of fused-ring (bicyclic) bond motifs is 1. The van der Waals surface area contributed by atoms with Crippen LogP contribution in [-0.4, -0.2) is 47.9 Å². The monoisotopic (exact) mass is 592 g/mol. The number of nitrogens with zero attached hydrogens (tertiary/aromatic N) is 2. The number of ether oxygens (including phenoxy) is 2. The molecule has 1 aliphatic rings. The van der Waals surface area contributed by atoms with Crippen molar-refractivity contribution >= 4 is 36.8 Å². The normalized spacial score (nSPS) is 18.5. The van der Waals surface area contributed by atoms with Crippen molar-refractivity contribution in [1.82, 2.24) is 14.9 Å². The van der Waals surface area contributed by atoms with Crippen LogP contribution in [0.3, 0.4) is 0 Å². The van der Waals surface area contributed by atoms with E-state index in [1.807, 2.05) is 52.0 Å². The van der Waals surface area contributed by atoms with Gasteiger partial charge in [0.1, 0.15) is 18.0 Å². The summed E-state index contributed by atoms with van der Waals surface area (Å²) in [5.74, 6) is 0.283. The van der Waals surface area contributed by atoms with Gasteiger partial charge in [-0.25, -0.2) is 9.78 Å². The minimum Gasteiger partial charge on any atom is -0.444 e. The van der Waals surface area contributed by atoms with Crippen molar-refractivity contribution in [2.45, 2.75) is 97.4 Å². The third-order valence-electron chi connectivity index (χ3n) is 7.93. The highest BCUT2D eigenvalue weighted by atomic mass is 28.3. The van der Waals surface area contributed by atoms with Crippen LogP contribution in [0.2, 0.25) is 25.7 Å². The molecular weight excluding hydrogens is 544 g/mol. The van der Waals surface area contributed by atoms with Crippen LogP contribution in [0, 0.1) is 11.8 Å². The molecule has 9 heteroatoms. The minimum absolute atomic E-state index is 0.00665. The summed E-state index contributed by atoms with van der Waals surface area (Å²) in [7, 11) is -1.20. The van der Waals surface area contributed by atoms with E-state index in [1.54, 1.807) is 6.20 Å². The molecule has 0 aliphatic heterocycles. The van der Waals surface area contributed by atoms with Crippen molar-refractivity contribution in [1.29, 1.82) is 0 Å².